The average Bonchev–Trinajstić information content (AvgIpc) is 3.04. The maximum Gasteiger partial charge on any atom is 0.181 e. The van der Waals surface area contributed by atoms with E-state index in [1.165, 1.54) is 11.1 Å². The number of rotatable bonds is 0. The lowest BCUT2D eigenvalue weighted by atomic mass is 10.3. The average molecular weight is 268 g/mol. The number of benzene rings is 1. The van der Waals surface area contributed by atoms with E-state index in [0.29, 0.717) is 0 Å². The van der Waals surface area contributed by atoms with E-state index in [1.807, 2.05) is 41.9 Å². The fourth-order valence-corrected chi connectivity index (χ4v) is 2.44. The summed E-state index contributed by atoms with van der Waals surface area (Å²) in [6.07, 6.45) is 10.4. The Morgan fingerprint density at radius 1 is 1.16 bits per heavy atom. The van der Waals surface area contributed by atoms with E-state index in [-0.39, 0.29) is 0 Å². The third-order valence-corrected chi connectivity index (χ3v) is 3.50. The minimum atomic E-state index is 0.880. The van der Waals surface area contributed by atoms with E-state index < -0.39 is 0 Å². The van der Waals surface area contributed by atoms with Crippen LogP contribution in [0.4, 0.5) is 0 Å². The molecule has 0 saturated carbocycles. The predicted molar refractivity (Wildman–Crippen MR) is 78.1 cm³/mol. The summed E-state index contributed by atoms with van der Waals surface area (Å²) in [7, 11) is 0. The quantitative estimate of drug-likeness (QED) is 0.629. The van der Waals surface area contributed by atoms with Crippen LogP contribution in [0.2, 0.25) is 0 Å². The fourth-order valence-electron chi connectivity index (χ4n) is 1.76. The first-order valence-electron chi connectivity index (χ1n) is 5.98. The predicted octanol–water partition coefficient (Wildman–Crippen LogP) is 2.49. The molecule has 0 saturated heterocycles. The number of allylic oxidation sites excluding steroid dienone is 2. The zero-order valence-corrected chi connectivity index (χ0v) is 11.0. The van der Waals surface area contributed by atoms with Crippen molar-refractivity contribution in [2.75, 3.05) is 0 Å². The first-order valence-corrected chi connectivity index (χ1v) is 6.86. The molecule has 1 aromatic carbocycles. The summed E-state index contributed by atoms with van der Waals surface area (Å²) in [5.41, 5.74) is 3.84. The van der Waals surface area contributed by atoms with Gasteiger partial charge in [0.1, 0.15) is 5.35 Å². The van der Waals surface area contributed by atoms with Crippen molar-refractivity contribution < 1.29 is 4.42 Å². The Morgan fingerprint density at radius 2 is 2.11 bits per heavy atom. The molecule has 1 aliphatic rings. The number of thiazole rings is 1. The van der Waals surface area contributed by atoms with Crippen LogP contribution in [-0.4, -0.2) is 9.97 Å². The third-order valence-electron chi connectivity index (χ3n) is 2.69. The maximum atomic E-state index is 5.10. The van der Waals surface area contributed by atoms with Gasteiger partial charge >= 0.3 is 0 Å². The van der Waals surface area contributed by atoms with Gasteiger partial charge in [0.15, 0.2) is 11.8 Å². The first kappa shape index (κ1) is 11.9. The molecular weight excluding hydrogens is 256 g/mol. The van der Waals surface area contributed by atoms with Crippen LogP contribution in [0.3, 0.4) is 0 Å². The minimum Gasteiger partial charge on any atom is -0.444 e. The van der Waals surface area contributed by atoms with Crippen molar-refractivity contribution in [1.82, 2.24) is 9.97 Å². The van der Waals surface area contributed by atoms with E-state index in [1.54, 1.807) is 11.3 Å². The monoisotopic (exact) mass is 268 g/mol. The molecular formula is C15H12N2OS. The lowest BCUT2D eigenvalue weighted by Gasteiger charge is -1.80. The Bertz CT molecular complexity index is 784. The van der Waals surface area contributed by atoms with Gasteiger partial charge < -0.3 is 4.42 Å². The molecule has 0 radical (unpaired) electrons. The van der Waals surface area contributed by atoms with Crippen LogP contribution in [0, 0.1) is 0 Å². The van der Waals surface area contributed by atoms with Crippen molar-refractivity contribution >= 4 is 33.7 Å². The van der Waals surface area contributed by atoms with E-state index in [4.69, 9.17) is 4.42 Å². The number of para-hydroxylation sites is 1. The van der Waals surface area contributed by atoms with Crippen molar-refractivity contribution in [3.63, 3.8) is 0 Å². The highest BCUT2D eigenvalue weighted by Crippen LogP contribution is 2.15. The van der Waals surface area contributed by atoms with Gasteiger partial charge in [-0.1, -0.05) is 24.3 Å². The molecule has 0 aliphatic heterocycles. The molecule has 1 aliphatic carbocycles. The van der Waals surface area contributed by atoms with Gasteiger partial charge in [-0.15, -0.1) is 11.3 Å². The highest BCUT2D eigenvalue weighted by molar-refractivity contribution is 7.16. The van der Waals surface area contributed by atoms with Crippen molar-refractivity contribution in [3.8, 4) is 0 Å². The normalized spacial score (nSPS) is 12.6. The van der Waals surface area contributed by atoms with E-state index in [9.17, 15) is 0 Å². The number of oxazole rings is 1. The zero-order valence-electron chi connectivity index (χ0n) is 10.2. The molecule has 0 atom stereocenters. The van der Waals surface area contributed by atoms with E-state index >= 15 is 0 Å². The van der Waals surface area contributed by atoms with Crippen LogP contribution in [-0.2, 0) is 0 Å². The molecule has 0 unspecified atom stereocenters. The van der Waals surface area contributed by atoms with Gasteiger partial charge in [-0.25, -0.2) is 9.97 Å². The molecule has 4 heteroatoms. The number of fused-ring (bicyclic) bond motifs is 2. The third kappa shape index (κ3) is 2.80. The number of aromatic nitrogens is 2. The Balaban J connectivity index is 0.000000117. The van der Waals surface area contributed by atoms with Crippen LogP contribution in [0.25, 0.3) is 22.4 Å². The van der Waals surface area contributed by atoms with Gasteiger partial charge in [0.2, 0.25) is 0 Å². The lowest BCUT2D eigenvalue weighted by Crippen LogP contribution is -2.20. The first-order chi connectivity index (χ1) is 9.43. The second-order valence-corrected chi connectivity index (χ2v) is 4.84. The van der Waals surface area contributed by atoms with Crippen LogP contribution in [0.5, 0.6) is 0 Å². The SMILES string of the molecule is C1=CCC=c2ocnc2=C1.c1ccc2scnc2c1. The smallest absolute Gasteiger partial charge is 0.181 e. The summed E-state index contributed by atoms with van der Waals surface area (Å²) in [6, 6.07) is 8.13. The fraction of sp³-hybridized carbons (Fsp3) is 0.0667. The maximum absolute atomic E-state index is 5.10. The van der Waals surface area contributed by atoms with Crippen LogP contribution in [0.15, 0.2) is 52.7 Å². The minimum absolute atomic E-state index is 0.880. The van der Waals surface area contributed by atoms with Gasteiger partial charge in [-0.3, -0.25) is 0 Å². The van der Waals surface area contributed by atoms with Crippen molar-refractivity contribution in [2.45, 2.75) is 6.42 Å². The van der Waals surface area contributed by atoms with Gasteiger partial charge in [0, 0.05) is 0 Å². The van der Waals surface area contributed by atoms with Gasteiger partial charge in [0.05, 0.1) is 15.7 Å². The summed E-state index contributed by atoms with van der Waals surface area (Å²) in [4.78, 5) is 8.15. The highest BCUT2D eigenvalue weighted by atomic mass is 32.1. The van der Waals surface area contributed by atoms with Gasteiger partial charge in [-0.2, -0.15) is 0 Å². The summed E-state index contributed by atoms with van der Waals surface area (Å²) in [5, 5.41) is 0.925. The summed E-state index contributed by atoms with van der Waals surface area (Å²) in [5.74, 6) is 0. The molecule has 19 heavy (non-hydrogen) atoms. The van der Waals surface area contributed by atoms with Crippen LogP contribution in [0.1, 0.15) is 6.42 Å². The van der Waals surface area contributed by atoms with Crippen molar-refractivity contribution in [2.24, 2.45) is 0 Å². The van der Waals surface area contributed by atoms with Gasteiger partial charge in [-0.05, 0) is 30.7 Å². The second-order valence-electron chi connectivity index (χ2n) is 3.96. The molecule has 2 aromatic heterocycles. The molecule has 2 heterocycles. The largest absolute Gasteiger partial charge is 0.444 e. The lowest BCUT2D eigenvalue weighted by molar-refractivity contribution is 0.524. The molecule has 0 bridgehead atoms. The van der Waals surface area contributed by atoms with Gasteiger partial charge in [0.25, 0.3) is 0 Å². The molecule has 94 valence electrons. The van der Waals surface area contributed by atoms with Crippen molar-refractivity contribution in [3.05, 3.63) is 59.1 Å². The Labute approximate surface area is 114 Å². The molecule has 4 rings (SSSR count). The molecule has 3 nitrogen and oxygen atoms in total. The Kier molecular flexibility index (Phi) is 3.51. The molecule has 0 N–H and O–H groups in total. The number of hydrogen-bond acceptors (Lipinski definition) is 4. The molecule has 0 spiro atoms. The number of hydrogen-bond donors (Lipinski definition) is 0. The van der Waals surface area contributed by atoms with E-state index in [0.717, 1.165) is 22.7 Å². The Morgan fingerprint density at radius 3 is 3.05 bits per heavy atom. The van der Waals surface area contributed by atoms with E-state index in [2.05, 4.69) is 22.1 Å². The van der Waals surface area contributed by atoms with Crippen LogP contribution >= 0.6 is 11.3 Å². The molecule has 3 aromatic rings. The summed E-state index contributed by atoms with van der Waals surface area (Å²) in [6.45, 7) is 0. The molecule has 0 fully saturated rings. The highest BCUT2D eigenvalue weighted by Gasteiger charge is 1.90. The summed E-state index contributed by atoms with van der Waals surface area (Å²) >= 11 is 1.68. The summed E-state index contributed by atoms with van der Waals surface area (Å²) < 4.78 is 6.36. The second kappa shape index (κ2) is 5.63. The van der Waals surface area contributed by atoms with Crippen LogP contribution < -0.4 is 10.8 Å². The molecule has 0 amide bonds. The Hall–Kier alpha value is -2.20. The standard InChI is InChI=1S/C8H7NO.C7H5NS/c1-2-4-7-8(5-3-1)10-6-9-7;1-2-4-7-6(3-1)8-5-9-7/h1-2,4-6H,3H2;1-5H. The number of nitrogens with zero attached hydrogens (tertiary/aromatic N) is 2. The van der Waals surface area contributed by atoms with Crippen molar-refractivity contribution in [1.29, 1.82) is 0 Å². The zero-order chi connectivity index (χ0) is 12.9. The topological polar surface area (TPSA) is 38.9 Å².